The minimum Gasteiger partial charge on any atom is -0.452 e. The van der Waals surface area contributed by atoms with E-state index in [4.69, 9.17) is 27.9 Å². The third-order valence-electron chi connectivity index (χ3n) is 3.62. The molecule has 0 bridgehead atoms. The fraction of sp³-hybridized carbons (Fsp3) is 0.105. The number of hydrogen-bond acceptors (Lipinski definition) is 4. The number of pyridine rings is 1. The van der Waals surface area contributed by atoms with Gasteiger partial charge in [-0.05, 0) is 31.2 Å². The number of hydrogen-bond donors (Lipinski definition) is 1. The first-order valence-electron chi connectivity index (χ1n) is 7.73. The number of fused-ring (bicyclic) bond motifs is 1. The molecule has 5 nitrogen and oxygen atoms in total. The van der Waals surface area contributed by atoms with E-state index in [0.717, 1.165) is 0 Å². The van der Waals surface area contributed by atoms with Gasteiger partial charge in [0.1, 0.15) is 0 Å². The largest absolute Gasteiger partial charge is 0.452 e. The molecule has 2 aromatic carbocycles. The number of nitrogens with zero attached hydrogens (tertiary/aromatic N) is 1. The Morgan fingerprint density at radius 2 is 1.88 bits per heavy atom. The lowest BCUT2D eigenvalue weighted by Gasteiger charge is -2.10. The molecular formula is C19H14Cl2N2O3. The summed E-state index contributed by atoms with van der Waals surface area (Å²) >= 11 is 11.9. The first-order chi connectivity index (χ1) is 12.5. The molecule has 0 saturated carbocycles. The average Bonchev–Trinajstić information content (AvgIpc) is 2.62. The molecule has 1 aromatic heterocycles. The number of nitrogens with one attached hydrogen (secondary N) is 1. The Hall–Kier alpha value is -2.63. The summed E-state index contributed by atoms with van der Waals surface area (Å²) in [5.41, 5.74) is 2.09. The van der Waals surface area contributed by atoms with Gasteiger partial charge in [0.25, 0.3) is 5.91 Å². The minimum absolute atomic E-state index is 0.226. The van der Waals surface area contributed by atoms with Gasteiger partial charge in [-0.25, -0.2) is 4.79 Å². The summed E-state index contributed by atoms with van der Waals surface area (Å²) in [5.74, 6) is -1.11. The van der Waals surface area contributed by atoms with Crippen LogP contribution in [0.15, 0.2) is 48.5 Å². The van der Waals surface area contributed by atoms with Gasteiger partial charge in [0.15, 0.2) is 6.61 Å². The summed E-state index contributed by atoms with van der Waals surface area (Å²) in [5, 5.41) is 3.78. The molecule has 0 unspecified atom stereocenters. The van der Waals surface area contributed by atoms with Crippen molar-refractivity contribution in [2.75, 3.05) is 11.9 Å². The number of esters is 1. The van der Waals surface area contributed by atoms with Crippen LogP contribution in [0.25, 0.3) is 10.9 Å². The second-order valence-electron chi connectivity index (χ2n) is 5.55. The maximum atomic E-state index is 12.4. The molecule has 1 heterocycles. The van der Waals surface area contributed by atoms with Gasteiger partial charge in [-0.15, -0.1) is 0 Å². The number of halogens is 2. The zero-order chi connectivity index (χ0) is 18.7. The van der Waals surface area contributed by atoms with Gasteiger partial charge in [-0.1, -0.05) is 47.5 Å². The number of anilines is 1. The van der Waals surface area contributed by atoms with Crippen LogP contribution in [0.4, 0.5) is 5.69 Å². The molecule has 3 aromatic rings. The Balaban J connectivity index is 1.71. The van der Waals surface area contributed by atoms with Crippen LogP contribution in [-0.4, -0.2) is 23.5 Å². The average molecular weight is 389 g/mol. The zero-order valence-electron chi connectivity index (χ0n) is 13.8. The predicted molar refractivity (Wildman–Crippen MR) is 102 cm³/mol. The second-order valence-corrected chi connectivity index (χ2v) is 6.34. The summed E-state index contributed by atoms with van der Waals surface area (Å²) in [6.07, 6.45) is 0. The van der Waals surface area contributed by atoms with E-state index < -0.39 is 18.5 Å². The molecule has 132 valence electrons. The smallest absolute Gasteiger partial charge is 0.339 e. The number of rotatable bonds is 4. The maximum Gasteiger partial charge on any atom is 0.339 e. The first-order valence-corrected chi connectivity index (χ1v) is 8.48. The highest BCUT2D eigenvalue weighted by atomic mass is 35.5. The summed E-state index contributed by atoms with van der Waals surface area (Å²) < 4.78 is 5.14. The SMILES string of the molecule is Cc1cc(C(=O)OCC(=O)Nc2cccc(Cl)c2Cl)c2ccccc2n1. The van der Waals surface area contributed by atoms with Gasteiger partial charge in [0.2, 0.25) is 0 Å². The highest BCUT2D eigenvalue weighted by Crippen LogP contribution is 2.29. The van der Waals surface area contributed by atoms with Crippen LogP contribution >= 0.6 is 23.2 Å². The van der Waals surface area contributed by atoms with Crippen LogP contribution in [-0.2, 0) is 9.53 Å². The van der Waals surface area contributed by atoms with E-state index >= 15 is 0 Å². The van der Waals surface area contributed by atoms with Crippen molar-refractivity contribution in [3.8, 4) is 0 Å². The van der Waals surface area contributed by atoms with Gasteiger partial charge in [-0.3, -0.25) is 9.78 Å². The molecule has 0 atom stereocenters. The molecule has 0 aliphatic carbocycles. The predicted octanol–water partition coefficient (Wildman–Crippen LogP) is 4.65. The second kappa shape index (κ2) is 7.72. The quantitative estimate of drug-likeness (QED) is 0.660. The normalized spacial score (nSPS) is 10.6. The zero-order valence-corrected chi connectivity index (χ0v) is 15.3. The standard InChI is InChI=1S/C19H14Cl2N2O3/c1-11-9-13(12-5-2-3-7-15(12)22-11)19(25)26-10-17(24)23-16-8-4-6-14(20)18(16)21/h2-9H,10H2,1H3,(H,23,24). The summed E-state index contributed by atoms with van der Waals surface area (Å²) in [6, 6.07) is 13.7. The first kappa shape index (κ1) is 18.2. The number of carbonyl (C=O) groups excluding carboxylic acids is 2. The van der Waals surface area contributed by atoms with Gasteiger partial charge >= 0.3 is 5.97 Å². The highest BCUT2D eigenvalue weighted by molar-refractivity contribution is 6.44. The number of amides is 1. The number of aryl methyl sites for hydroxylation is 1. The Morgan fingerprint density at radius 3 is 2.69 bits per heavy atom. The van der Waals surface area contributed by atoms with Gasteiger partial charge < -0.3 is 10.1 Å². The van der Waals surface area contributed by atoms with E-state index in [-0.39, 0.29) is 5.02 Å². The Morgan fingerprint density at radius 1 is 1.12 bits per heavy atom. The molecule has 1 N–H and O–H groups in total. The van der Waals surface area contributed by atoms with Crippen LogP contribution in [0.2, 0.25) is 10.0 Å². The molecule has 0 saturated heterocycles. The number of ether oxygens (including phenoxy) is 1. The van der Waals surface area contributed by atoms with Gasteiger partial charge in [0.05, 0.1) is 26.8 Å². The van der Waals surface area contributed by atoms with E-state index in [2.05, 4.69) is 10.3 Å². The third-order valence-corrected chi connectivity index (χ3v) is 4.44. The number of carbonyl (C=O) groups is 2. The van der Waals surface area contributed by atoms with E-state index in [0.29, 0.717) is 32.9 Å². The third kappa shape index (κ3) is 3.95. The summed E-state index contributed by atoms with van der Waals surface area (Å²) in [6.45, 7) is 1.34. The Bertz CT molecular complexity index is 1010. The van der Waals surface area contributed by atoms with Crippen molar-refractivity contribution < 1.29 is 14.3 Å². The summed E-state index contributed by atoms with van der Waals surface area (Å²) in [7, 11) is 0. The van der Waals surface area contributed by atoms with Gasteiger partial charge in [-0.2, -0.15) is 0 Å². The minimum atomic E-state index is -0.598. The number of aromatic nitrogens is 1. The molecule has 3 rings (SSSR count). The monoisotopic (exact) mass is 388 g/mol. The van der Waals surface area contributed by atoms with Crippen molar-refractivity contribution in [2.24, 2.45) is 0 Å². The molecule has 7 heteroatoms. The van der Waals surface area contributed by atoms with E-state index in [1.165, 1.54) is 0 Å². The van der Waals surface area contributed by atoms with Crippen LogP contribution in [0.5, 0.6) is 0 Å². The Labute approximate surface area is 159 Å². The molecule has 26 heavy (non-hydrogen) atoms. The number of benzene rings is 2. The van der Waals surface area contributed by atoms with Crippen molar-refractivity contribution in [3.63, 3.8) is 0 Å². The fourth-order valence-corrected chi connectivity index (χ4v) is 2.82. The van der Waals surface area contributed by atoms with Gasteiger partial charge in [0, 0.05) is 11.1 Å². The van der Waals surface area contributed by atoms with Crippen LogP contribution < -0.4 is 5.32 Å². The number of para-hydroxylation sites is 1. The van der Waals surface area contributed by atoms with E-state index in [9.17, 15) is 9.59 Å². The lowest BCUT2D eigenvalue weighted by atomic mass is 10.1. The van der Waals surface area contributed by atoms with E-state index in [1.54, 1.807) is 37.3 Å². The van der Waals surface area contributed by atoms with Crippen molar-refractivity contribution >= 4 is 51.7 Å². The molecule has 0 fully saturated rings. The molecular weight excluding hydrogens is 375 g/mol. The lowest BCUT2D eigenvalue weighted by molar-refractivity contribution is -0.119. The van der Waals surface area contributed by atoms with Crippen molar-refractivity contribution in [3.05, 3.63) is 69.8 Å². The van der Waals surface area contributed by atoms with Crippen LogP contribution in [0, 0.1) is 6.92 Å². The molecule has 0 radical (unpaired) electrons. The molecule has 0 aliphatic rings. The fourth-order valence-electron chi connectivity index (χ4n) is 2.47. The van der Waals surface area contributed by atoms with Crippen molar-refractivity contribution in [1.82, 2.24) is 4.98 Å². The highest BCUT2D eigenvalue weighted by Gasteiger charge is 2.15. The van der Waals surface area contributed by atoms with Crippen LogP contribution in [0.1, 0.15) is 16.1 Å². The Kier molecular flexibility index (Phi) is 5.40. The van der Waals surface area contributed by atoms with E-state index in [1.807, 2.05) is 18.2 Å². The lowest BCUT2D eigenvalue weighted by Crippen LogP contribution is -2.21. The van der Waals surface area contributed by atoms with Crippen molar-refractivity contribution in [2.45, 2.75) is 6.92 Å². The molecule has 0 spiro atoms. The summed E-state index contributed by atoms with van der Waals surface area (Å²) in [4.78, 5) is 28.8. The maximum absolute atomic E-state index is 12.4. The van der Waals surface area contributed by atoms with Crippen LogP contribution in [0.3, 0.4) is 0 Å². The topological polar surface area (TPSA) is 68.3 Å². The van der Waals surface area contributed by atoms with Crippen molar-refractivity contribution in [1.29, 1.82) is 0 Å². The molecule has 0 aliphatic heterocycles. The molecule has 1 amide bonds.